The number of amides is 1. The van der Waals surface area contributed by atoms with Gasteiger partial charge >= 0.3 is 5.63 Å². The van der Waals surface area contributed by atoms with E-state index < -0.39 is 5.63 Å². The van der Waals surface area contributed by atoms with Gasteiger partial charge in [-0.3, -0.25) is 4.79 Å². The van der Waals surface area contributed by atoms with E-state index in [0.717, 1.165) is 31.3 Å². The number of hydrogen-bond donors (Lipinski definition) is 2. The Morgan fingerprint density at radius 2 is 2.23 bits per heavy atom. The Kier molecular flexibility index (Phi) is 3.98. The minimum absolute atomic E-state index is 0.0327. The molecule has 2 aromatic rings. The van der Waals surface area contributed by atoms with E-state index in [-0.39, 0.29) is 16.9 Å². The third-order valence-electron chi connectivity index (χ3n) is 4.25. The molecule has 5 nitrogen and oxygen atoms in total. The third kappa shape index (κ3) is 3.04. The molecule has 1 aliphatic rings. The largest absolute Gasteiger partial charge is 0.422 e. The number of hydrogen-bond acceptors (Lipinski definition) is 4. The highest BCUT2D eigenvalue weighted by Gasteiger charge is 2.27. The van der Waals surface area contributed by atoms with Crippen LogP contribution < -0.4 is 16.3 Å². The molecule has 0 saturated carbocycles. The van der Waals surface area contributed by atoms with E-state index in [4.69, 9.17) is 4.42 Å². The highest BCUT2D eigenvalue weighted by Crippen LogP contribution is 2.24. The number of piperidine rings is 1. The molecule has 1 aromatic heterocycles. The van der Waals surface area contributed by atoms with Crippen molar-refractivity contribution in [2.24, 2.45) is 5.41 Å². The van der Waals surface area contributed by atoms with Crippen molar-refractivity contribution in [2.45, 2.75) is 19.8 Å². The molecule has 116 valence electrons. The van der Waals surface area contributed by atoms with Gasteiger partial charge in [0.2, 0.25) is 0 Å². The molecule has 1 unspecified atom stereocenters. The van der Waals surface area contributed by atoms with Gasteiger partial charge in [-0.2, -0.15) is 0 Å². The molecule has 1 aliphatic heterocycles. The maximum atomic E-state index is 12.3. The number of nitrogens with one attached hydrogen (secondary N) is 2. The van der Waals surface area contributed by atoms with Crippen LogP contribution in [0.5, 0.6) is 0 Å². The van der Waals surface area contributed by atoms with Crippen LogP contribution in [0.15, 0.2) is 39.5 Å². The van der Waals surface area contributed by atoms with E-state index in [0.29, 0.717) is 12.1 Å². The first-order valence-corrected chi connectivity index (χ1v) is 7.59. The molecule has 3 rings (SSSR count). The summed E-state index contributed by atoms with van der Waals surface area (Å²) in [6.45, 7) is 4.59. The Bertz CT molecular complexity index is 745. The van der Waals surface area contributed by atoms with Crippen LogP contribution in [0.2, 0.25) is 0 Å². The first-order chi connectivity index (χ1) is 10.6. The Balaban J connectivity index is 1.77. The summed E-state index contributed by atoms with van der Waals surface area (Å²) in [5.41, 5.74) is -0.00742. The lowest BCUT2D eigenvalue weighted by Gasteiger charge is -2.34. The lowest BCUT2D eigenvalue weighted by Crippen LogP contribution is -2.46. The van der Waals surface area contributed by atoms with Crippen LogP contribution in [-0.4, -0.2) is 25.5 Å². The summed E-state index contributed by atoms with van der Waals surface area (Å²) in [5, 5.41) is 6.97. The molecular weight excluding hydrogens is 280 g/mol. The molecule has 1 fully saturated rings. The molecule has 0 spiro atoms. The Labute approximate surface area is 128 Å². The van der Waals surface area contributed by atoms with Gasteiger partial charge in [0.1, 0.15) is 11.1 Å². The van der Waals surface area contributed by atoms with Crippen LogP contribution in [0.4, 0.5) is 0 Å². The predicted octanol–water partition coefficient (Wildman–Crippen LogP) is 1.91. The summed E-state index contributed by atoms with van der Waals surface area (Å²) in [5.74, 6) is -0.369. The molecule has 22 heavy (non-hydrogen) atoms. The molecule has 1 atom stereocenters. The van der Waals surface area contributed by atoms with Crippen molar-refractivity contribution >= 4 is 16.9 Å². The Hall–Kier alpha value is -2.14. The monoisotopic (exact) mass is 300 g/mol. The zero-order valence-electron chi connectivity index (χ0n) is 12.6. The normalized spacial score (nSPS) is 21.7. The summed E-state index contributed by atoms with van der Waals surface area (Å²) in [6.07, 6.45) is 2.16. The minimum Gasteiger partial charge on any atom is -0.422 e. The van der Waals surface area contributed by atoms with E-state index in [9.17, 15) is 9.59 Å². The van der Waals surface area contributed by atoms with Gasteiger partial charge in [0.05, 0.1) is 0 Å². The summed E-state index contributed by atoms with van der Waals surface area (Å²) in [4.78, 5) is 24.3. The van der Waals surface area contributed by atoms with E-state index in [1.54, 1.807) is 18.2 Å². The van der Waals surface area contributed by atoms with Crippen LogP contribution in [0.3, 0.4) is 0 Å². The summed E-state index contributed by atoms with van der Waals surface area (Å²) in [6, 6.07) is 8.77. The smallest absolute Gasteiger partial charge is 0.349 e. The fourth-order valence-electron chi connectivity index (χ4n) is 2.88. The van der Waals surface area contributed by atoms with Crippen molar-refractivity contribution < 1.29 is 9.21 Å². The highest BCUT2D eigenvalue weighted by atomic mass is 16.4. The molecule has 2 N–H and O–H groups in total. The van der Waals surface area contributed by atoms with Crippen LogP contribution >= 0.6 is 0 Å². The number of carbonyl (C=O) groups is 1. The maximum absolute atomic E-state index is 12.3. The van der Waals surface area contributed by atoms with Crippen molar-refractivity contribution in [3.63, 3.8) is 0 Å². The second-order valence-electron chi connectivity index (χ2n) is 6.26. The van der Waals surface area contributed by atoms with Crippen molar-refractivity contribution in [3.05, 3.63) is 46.3 Å². The average Bonchev–Trinajstić information content (AvgIpc) is 2.53. The van der Waals surface area contributed by atoms with E-state index >= 15 is 0 Å². The average molecular weight is 300 g/mol. The third-order valence-corrected chi connectivity index (χ3v) is 4.25. The lowest BCUT2D eigenvalue weighted by molar-refractivity contribution is 0.0921. The topological polar surface area (TPSA) is 71.3 Å². The molecule has 1 saturated heterocycles. The minimum atomic E-state index is -0.594. The van der Waals surface area contributed by atoms with Gasteiger partial charge < -0.3 is 15.1 Å². The van der Waals surface area contributed by atoms with Gasteiger partial charge in [0, 0.05) is 18.5 Å². The molecule has 1 aromatic carbocycles. The predicted molar refractivity (Wildman–Crippen MR) is 85.0 cm³/mol. The van der Waals surface area contributed by atoms with Gasteiger partial charge in [-0.25, -0.2) is 4.79 Å². The molecule has 1 amide bonds. The van der Waals surface area contributed by atoms with Crippen molar-refractivity contribution in [1.82, 2.24) is 10.6 Å². The number of rotatable bonds is 3. The van der Waals surface area contributed by atoms with Gasteiger partial charge in [0.25, 0.3) is 5.91 Å². The first kappa shape index (κ1) is 14.8. The quantitative estimate of drug-likeness (QED) is 0.850. The standard InChI is InChI=1S/C17H20N2O3/c1-17(7-4-8-18-10-17)11-19-15(20)13-9-12-5-2-3-6-14(12)22-16(13)21/h2-3,5-6,9,18H,4,7-8,10-11H2,1H3,(H,19,20). The molecule has 0 bridgehead atoms. The van der Waals surface area contributed by atoms with Crippen molar-refractivity contribution in [1.29, 1.82) is 0 Å². The van der Waals surface area contributed by atoms with Crippen LogP contribution in [0.25, 0.3) is 11.0 Å². The fraction of sp³-hybridized carbons (Fsp3) is 0.412. The Morgan fingerprint density at radius 3 is 3.00 bits per heavy atom. The summed E-state index contributed by atoms with van der Waals surface area (Å²) in [7, 11) is 0. The van der Waals surface area contributed by atoms with E-state index in [1.807, 2.05) is 12.1 Å². The summed E-state index contributed by atoms with van der Waals surface area (Å²) >= 11 is 0. The van der Waals surface area contributed by atoms with Gasteiger partial charge in [-0.05, 0) is 36.9 Å². The fourth-order valence-corrected chi connectivity index (χ4v) is 2.88. The molecule has 2 heterocycles. The van der Waals surface area contributed by atoms with Crippen molar-refractivity contribution in [2.75, 3.05) is 19.6 Å². The molecule has 0 aliphatic carbocycles. The Morgan fingerprint density at radius 1 is 1.41 bits per heavy atom. The molecule has 5 heteroatoms. The second kappa shape index (κ2) is 5.93. The SMILES string of the molecule is CC1(CNC(=O)c2cc3ccccc3oc2=O)CCCNC1. The van der Waals surface area contributed by atoms with Gasteiger partial charge in [0.15, 0.2) is 0 Å². The number of carbonyl (C=O) groups excluding carboxylic acids is 1. The zero-order valence-corrected chi connectivity index (χ0v) is 12.6. The van der Waals surface area contributed by atoms with Crippen LogP contribution in [0.1, 0.15) is 30.1 Å². The summed E-state index contributed by atoms with van der Waals surface area (Å²) < 4.78 is 5.20. The number of benzene rings is 1. The van der Waals surface area contributed by atoms with Gasteiger partial charge in [-0.1, -0.05) is 25.1 Å². The number of para-hydroxylation sites is 1. The van der Waals surface area contributed by atoms with E-state index in [2.05, 4.69) is 17.6 Å². The first-order valence-electron chi connectivity index (χ1n) is 7.59. The second-order valence-corrected chi connectivity index (χ2v) is 6.26. The van der Waals surface area contributed by atoms with Crippen LogP contribution in [0, 0.1) is 5.41 Å². The molecule has 0 radical (unpaired) electrons. The van der Waals surface area contributed by atoms with Crippen molar-refractivity contribution in [3.8, 4) is 0 Å². The van der Waals surface area contributed by atoms with Crippen LogP contribution in [-0.2, 0) is 0 Å². The van der Waals surface area contributed by atoms with Gasteiger partial charge in [-0.15, -0.1) is 0 Å². The lowest BCUT2D eigenvalue weighted by atomic mass is 9.83. The number of fused-ring (bicyclic) bond motifs is 1. The maximum Gasteiger partial charge on any atom is 0.349 e. The molecular formula is C17H20N2O3. The zero-order chi connectivity index (χ0) is 15.6. The highest BCUT2D eigenvalue weighted by molar-refractivity contribution is 5.96. The van der Waals surface area contributed by atoms with E-state index in [1.165, 1.54) is 0 Å².